The van der Waals surface area contributed by atoms with E-state index < -0.39 is 11.4 Å². The summed E-state index contributed by atoms with van der Waals surface area (Å²) in [5.74, 6) is -1.25. The Bertz CT molecular complexity index is 296. The van der Waals surface area contributed by atoms with Gasteiger partial charge in [-0.1, -0.05) is 19.8 Å². The maximum absolute atomic E-state index is 11.7. The molecule has 1 saturated carbocycles. The average molecular weight is 242 g/mol. The molecule has 0 aliphatic heterocycles. The van der Waals surface area contributed by atoms with Gasteiger partial charge in [0.1, 0.15) is 0 Å². The minimum Gasteiger partial charge on any atom is -0.481 e. The van der Waals surface area contributed by atoms with Gasteiger partial charge >= 0.3 is 5.97 Å². The Morgan fingerprint density at radius 3 is 2.29 bits per heavy atom. The molecule has 17 heavy (non-hydrogen) atoms. The summed E-state index contributed by atoms with van der Waals surface area (Å²) in [5.41, 5.74) is 4.88. The fraction of sp³-hybridized carbons (Fsp3) is 0.833. The van der Waals surface area contributed by atoms with Crippen molar-refractivity contribution in [2.45, 2.75) is 45.6 Å². The molecular weight excluding hydrogens is 220 g/mol. The molecule has 98 valence electrons. The molecule has 0 heterocycles. The van der Waals surface area contributed by atoms with Crippen LogP contribution in [0.25, 0.3) is 0 Å². The van der Waals surface area contributed by atoms with Gasteiger partial charge in [0.15, 0.2) is 0 Å². The first-order valence-electron chi connectivity index (χ1n) is 6.16. The Kier molecular flexibility index (Phi) is 4.51. The number of nitrogens with one attached hydrogen (secondary N) is 1. The first-order chi connectivity index (χ1) is 7.89. The van der Waals surface area contributed by atoms with Crippen LogP contribution in [0.3, 0.4) is 0 Å². The number of aliphatic carboxylic acids is 1. The lowest BCUT2D eigenvalue weighted by atomic mass is 9.86. The second-order valence-corrected chi connectivity index (χ2v) is 5.16. The van der Waals surface area contributed by atoms with Gasteiger partial charge in [-0.2, -0.15) is 0 Å². The highest BCUT2D eigenvalue weighted by atomic mass is 16.4. The molecule has 5 nitrogen and oxygen atoms in total. The number of rotatable bonds is 5. The molecule has 0 aromatic carbocycles. The van der Waals surface area contributed by atoms with Gasteiger partial charge in [0, 0.05) is 18.5 Å². The van der Waals surface area contributed by atoms with E-state index in [2.05, 4.69) is 5.32 Å². The van der Waals surface area contributed by atoms with Crippen LogP contribution in [-0.2, 0) is 9.59 Å². The Hall–Kier alpha value is -1.10. The van der Waals surface area contributed by atoms with Gasteiger partial charge < -0.3 is 16.2 Å². The molecule has 1 fully saturated rings. The summed E-state index contributed by atoms with van der Waals surface area (Å²) in [6.07, 6.45) is 3.14. The van der Waals surface area contributed by atoms with E-state index in [-0.39, 0.29) is 24.4 Å². The first-order valence-corrected chi connectivity index (χ1v) is 6.16. The van der Waals surface area contributed by atoms with Gasteiger partial charge in [-0.25, -0.2) is 0 Å². The molecule has 2 unspecified atom stereocenters. The molecule has 0 radical (unpaired) electrons. The van der Waals surface area contributed by atoms with Crippen LogP contribution < -0.4 is 11.1 Å². The molecule has 1 aliphatic carbocycles. The predicted molar refractivity (Wildman–Crippen MR) is 64.4 cm³/mol. The highest BCUT2D eigenvalue weighted by molar-refractivity contribution is 5.81. The molecule has 0 spiro atoms. The lowest BCUT2D eigenvalue weighted by Gasteiger charge is -2.25. The van der Waals surface area contributed by atoms with Crippen LogP contribution in [0.5, 0.6) is 0 Å². The number of carbonyl (C=O) groups excluding carboxylic acids is 1. The van der Waals surface area contributed by atoms with Crippen LogP contribution in [0.15, 0.2) is 0 Å². The molecule has 0 bridgehead atoms. The van der Waals surface area contributed by atoms with Gasteiger partial charge in [0.25, 0.3) is 0 Å². The first kappa shape index (κ1) is 14.0. The Morgan fingerprint density at radius 1 is 1.35 bits per heavy atom. The summed E-state index contributed by atoms with van der Waals surface area (Å²) >= 11 is 0. The van der Waals surface area contributed by atoms with Gasteiger partial charge in [0.05, 0.1) is 5.41 Å². The number of hydrogen-bond donors (Lipinski definition) is 3. The van der Waals surface area contributed by atoms with Crippen molar-refractivity contribution < 1.29 is 14.7 Å². The number of carbonyl (C=O) groups is 2. The molecule has 0 saturated heterocycles. The minimum atomic E-state index is -0.802. The van der Waals surface area contributed by atoms with Crippen molar-refractivity contribution >= 4 is 11.9 Å². The van der Waals surface area contributed by atoms with Crippen molar-refractivity contribution in [2.75, 3.05) is 6.54 Å². The highest BCUT2D eigenvalue weighted by Crippen LogP contribution is 2.37. The fourth-order valence-corrected chi connectivity index (χ4v) is 2.17. The number of hydrogen-bond acceptors (Lipinski definition) is 3. The minimum absolute atomic E-state index is 0.160. The molecule has 2 atom stereocenters. The summed E-state index contributed by atoms with van der Waals surface area (Å²) < 4.78 is 0. The summed E-state index contributed by atoms with van der Waals surface area (Å²) in [6.45, 7) is 3.74. The zero-order valence-corrected chi connectivity index (χ0v) is 10.5. The Balaban J connectivity index is 2.54. The van der Waals surface area contributed by atoms with E-state index in [9.17, 15) is 14.7 Å². The van der Waals surface area contributed by atoms with Crippen molar-refractivity contribution in [1.82, 2.24) is 5.32 Å². The average Bonchev–Trinajstić information content (AvgIpc) is 2.74. The van der Waals surface area contributed by atoms with Gasteiger partial charge in [-0.15, -0.1) is 0 Å². The third-order valence-electron chi connectivity index (χ3n) is 3.82. The van der Waals surface area contributed by atoms with Crippen molar-refractivity contribution in [1.29, 1.82) is 0 Å². The second kappa shape index (κ2) is 5.49. The molecule has 1 aliphatic rings. The van der Waals surface area contributed by atoms with E-state index in [1.807, 2.05) is 0 Å². The maximum Gasteiger partial charge on any atom is 0.311 e. The van der Waals surface area contributed by atoms with Gasteiger partial charge in [0.2, 0.25) is 5.91 Å². The zero-order chi connectivity index (χ0) is 13.1. The predicted octanol–water partition coefficient (Wildman–Crippen LogP) is 0.731. The van der Waals surface area contributed by atoms with Crippen molar-refractivity contribution in [2.24, 2.45) is 17.1 Å². The molecule has 1 rings (SSSR count). The van der Waals surface area contributed by atoms with Crippen LogP contribution in [0.2, 0.25) is 0 Å². The summed E-state index contributed by atoms with van der Waals surface area (Å²) in [5, 5.41) is 12.0. The largest absolute Gasteiger partial charge is 0.481 e. The van der Waals surface area contributed by atoms with E-state index in [4.69, 9.17) is 5.73 Å². The summed E-state index contributed by atoms with van der Waals surface area (Å²) in [6, 6.07) is -0.223. The van der Waals surface area contributed by atoms with E-state index >= 15 is 0 Å². The van der Waals surface area contributed by atoms with Crippen LogP contribution in [0.4, 0.5) is 0 Å². The Labute approximate surface area is 102 Å². The topological polar surface area (TPSA) is 92.4 Å². The summed E-state index contributed by atoms with van der Waals surface area (Å²) in [4.78, 5) is 23.0. The molecular formula is C12H22N2O3. The molecule has 0 aromatic heterocycles. The van der Waals surface area contributed by atoms with Crippen LogP contribution in [0.1, 0.15) is 39.5 Å². The van der Waals surface area contributed by atoms with Gasteiger partial charge in [-0.3, -0.25) is 9.59 Å². The molecule has 1 amide bonds. The van der Waals surface area contributed by atoms with E-state index in [0.717, 1.165) is 12.8 Å². The van der Waals surface area contributed by atoms with Crippen molar-refractivity contribution in [3.05, 3.63) is 0 Å². The van der Waals surface area contributed by atoms with Crippen molar-refractivity contribution in [3.63, 3.8) is 0 Å². The monoisotopic (exact) mass is 242 g/mol. The third kappa shape index (κ3) is 3.19. The lowest BCUT2D eigenvalue weighted by Crippen LogP contribution is -2.45. The van der Waals surface area contributed by atoms with Crippen molar-refractivity contribution in [3.8, 4) is 0 Å². The Morgan fingerprint density at radius 2 is 1.88 bits per heavy atom. The fourth-order valence-electron chi connectivity index (χ4n) is 2.17. The lowest BCUT2D eigenvalue weighted by molar-refractivity contribution is -0.148. The number of amides is 1. The van der Waals surface area contributed by atoms with E-state index in [1.54, 1.807) is 13.8 Å². The normalized spacial score (nSPS) is 21.8. The van der Waals surface area contributed by atoms with Crippen LogP contribution >= 0.6 is 0 Å². The standard InChI is InChI=1S/C12H22N2O3/c1-8(9(2)13)10(15)14-7-12(11(16)17)5-3-4-6-12/h8-9H,3-7,13H2,1-2H3,(H,14,15)(H,16,17). The third-order valence-corrected chi connectivity index (χ3v) is 3.82. The number of carboxylic acid groups (broad SMARTS) is 1. The smallest absolute Gasteiger partial charge is 0.311 e. The summed E-state index contributed by atoms with van der Waals surface area (Å²) in [7, 11) is 0. The number of carboxylic acids is 1. The van der Waals surface area contributed by atoms with E-state index in [0.29, 0.717) is 12.8 Å². The quantitative estimate of drug-likeness (QED) is 0.662. The van der Waals surface area contributed by atoms with Gasteiger partial charge in [-0.05, 0) is 19.8 Å². The molecule has 5 heteroatoms. The second-order valence-electron chi connectivity index (χ2n) is 5.16. The SMILES string of the molecule is CC(N)C(C)C(=O)NCC1(C(=O)O)CCCC1. The van der Waals surface area contributed by atoms with Crippen LogP contribution in [0, 0.1) is 11.3 Å². The molecule has 0 aromatic rings. The highest BCUT2D eigenvalue weighted by Gasteiger charge is 2.41. The van der Waals surface area contributed by atoms with E-state index in [1.165, 1.54) is 0 Å². The zero-order valence-electron chi connectivity index (χ0n) is 10.5. The number of nitrogens with two attached hydrogens (primary N) is 1. The van der Waals surface area contributed by atoms with Crippen LogP contribution in [-0.4, -0.2) is 29.6 Å². The molecule has 4 N–H and O–H groups in total. The maximum atomic E-state index is 11.7.